The lowest BCUT2D eigenvalue weighted by Crippen LogP contribution is -2.36. The van der Waals surface area contributed by atoms with Crippen LogP contribution in [0.5, 0.6) is 11.5 Å². The highest BCUT2D eigenvalue weighted by Gasteiger charge is 2.29. The first-order chi connectivity index (χ1) is 13.2. The third-order valence-electron chi connectivity index (χ3n) is 5.25. The Kier molecular flexibility index (Phi) is 5.41. The summed E-state index contributed by atoms with van der Waals surface area (Å²) in [6, 6.07) is 10.00. The average molecular weight is 378 g/mol. The second kappa shape index (κ2) is 7.63. The third-order valence-corrected chi connectivity index (χ3v) is 5.25. The Bertz CT molecular complexity index is 1060. The summed E-state index contributed by atoms with van der Waals surface area (Å²) in [5.41, 5.74) is 5.09. The highest BCUT2D eigenvalue weighted by Crippen LogP contribution is 2.40. The van der Waals surface area contributed by atoms with Gasteiger partial charge in [0.25, 0.3) is 5.43 Å². The molecule has 0 N–H and O–H groups in total. The smallest absolute Gasteiger partial charge is 0.268 e. The van der Waals surface area contributed by atoms with Crippen LogP contribution in [0.2, 0.25) is 0 Å². The summed E-state index contributed by atoms with van der Waals surface area (Å²) < 4.78 is 11.8. The second-order valence-electron chi connectivity index (χ2n) is 7.51. The van der Waals surface area contributed by atoms with E-state index in [2.05, 4.69) is 0 Å². The van der Waals surface area contributed by atoms with E-state index in [9.17, 15) is 9.59 Å². The quantitative estimate of drug-likeness (QED) is 0.591. The van der Waals surface area contributed by atoms with Gasteiger partial charge in [0, 0.05) is 0 Å². The van der Waals surface area contributed by atoms with Gasteiger partial charge in [-0.25, -0.2) is 0 Å². The fourth-order valence-corrected chi connectivity index (χ4v) is 3.55. The lowest BCUT2D eigenvalue weighted by molar-refractivity contribution is 0.238. The van der Waals surface area contributed by atoms with Crippen molar-refractivity contribution in [3.8, 4) is 22.6 Å². The van der Waals surface area contributed by atoms with Gasteiger partial charge in [-0.2, -0.15) is 0 Å². The van der Waals surface area contributed by atoms with E-state index in [0.29, 0.717) is 12.2 Å². The molecular formula is C24H26O4. The van der Waals surface area contributed by atoms with Crippen molar-refractivity contribution in [2.75, 3.05) is 0 Å². The predicted molar refractivity (Wildman–Crippen MR) is 112 cm³/mol. The minimum absolute atomic E-state index is 0.168. The molecule has 0 atom stereocenters. The SMILES string of the molecule is Cc1c(C)c(-c2c(OC(C)C)c(=O)c2=O)c(C)c(C)c1OCc1ccccc1. The predicted octanol–water partition coefficient (Wildman–Crippen LogP) is 4.55. The fourth-order valence-electron chi connectivity index (χ4n) is 3.55. The van der Waals surface area contributed by atoms with E-state index in [0.717, 1.165) is 39.1 Å². The second-order valence-corrected chi connectivity index (χ2v) is 7.51. The molecule has 0 spiro atoms. The normalized spacial score (nSPS) is 11.2. The van der Waals surface area contributed by atoms with Gasteiger partial charge in [-0.05, 0) is 74.9 Å². The molecule has 0 aliphatic heterocycles. The summed E-state index contributed by atoms with van der Waals surface area (Å²) >= 11 is 0. The van der Waals surface area contributed by atoms with Crippen LogP contribution in [0.15, 0.2) is 39.9 Å². The molecule has 146 valence electrons. The van der Waals surface area contributed by atoms with Crippen molar-refractivity contribution < 1.29 is 9.47 Å². The Morgan fingerprint density at radius 1 is 0.750 bits per heavy atom. The van der Waals surface area contributed by atoms with Crippen molar-refractivity contribution in [1.29, 1.82) is 0 Å². The van der Waals surface area contributed by atoms with Crippen molar-refractivity contribution in [2.45, 2.75) is 54.3 Å². The van der Waals surface area contributed by atoms with Gasteiger partial charge in [0.15, 0.2) is 5.75 Å². The number of ether oxygens (including phenoxy) is 2. The van der Waals surface area contributed by atoms with Crippen molar-refractivity contribution >= 4 is 0 Å². The van der Waals surface area contributed by atoms with Crippen molar-refractivity contribution in [3.63, 3.8) is 0 Å². The molecule has 0 saturated heterocycles. The van der Waals surface area contributed by atoms with Gasteiger partial charge in [-0.15, -0.1) is 0 Å². The first-order valence-corrected chi connectivity index (χ1v) is 9.51. The Labute approximate surface area is 165 Å². The van der Waals surface area contributed by atoms with Gasteiger partial charge < -0.3 is 9.47 Å². The third kappa shape index (κ3) is 3.35. The van der Waals surface area contributed by atoms with Crippen LogP contribution >= 0.6 is 0 Å². The lowest BCUT2D eigenvalue weighted by atomic mass is 9.86. The molecule has 0 aromatic heterocycles. The summed E-state index contributed by atoms with van der Waals surface area (Å²) in [4.78, 5) is 24.4. The minimum Gasteiger partial charge on any atom is -0.488 e. The van der Waals surface area contributed by atoms with Crippen LogP contribution in [0.4, 0.5) is 0 Å². The van der Waals surface area contributed by atoms with Crippen LogP contribution in [0, 0.1) is 27.7 Å². The maximum atomic E-state index is 12.4. The van der Waals surface area contributed by atoms with Crippen LogP contribution in [0.25, 0.3) is 11.1 Å². The molecule has 3 aromatic rings. The molecule has 0 unspecified atom stereocenters. The van der Waals surface area contributed by atoms with Gasteiger partial charge in [0.05, 0.1) is 11.7 Å². The first kappa shape index (κ1) is 19.9. The van der Waals surface area contributed by atoms with E-state index in [1.54, 1.807) is 0 Å². The lowest BCUT2D eigenvalue weighted by Gasteiger charge is -2.23. The molecule has 4 heteroatoms. The Morgan fingerprint density at radius 2 is 1.32 bits per heavy atom. The minimum atomic E-state index is -0.540. The summed E-state index contributed by atoms with van der Waals surface area (Å²) in [5, 5.41) is 0. The zero-order valence-corrected chi connectivity index (χ0v) is 17.3. The molecule has 3 aromatic carbocycles. The zero-order chi connectivity index (χ0) is 20.6. The highest BCUT2D eigenvalue weighted by atomic mass is 16.5. The van der Waals surface area contributed by atoms with Crippen molar-refractivity contribution in [2.24, 2.45) is 0 Å². The highest BCUT2D eigenvalue weighted by molar-refractivity contribution is 5.82. The summed E-state index contributed by atoms with van der Waals surface area (Å²) in [6.07, 6.45) is -0.168. The largest absolute Gasteiger partial charge is 0.488 e. The number of rotatable bonds is 6. The molecule has 0 heterocycles. The summed E-state index contributed by atoms with van der Waals surface area (Å²) in [7, 11) is 0. The van der Waals surface area contributed by atoms with Gasteiger partial charge in [0.1, 0.15) is 12.4 Å². The molecule has 0 aliphatic rings. The van der Waals surface area contributed by atoms with E-state index in [1.165, 1.54) is 0 Å². The number of hydrogen-bond donors (Lipinski definition) is 0. The van der Waals surface area contributed by atoms with E-state index in [1.807, 2.05) is 71.9 Å². The molecule has 0 radical (unpaired) electrons. The van der Waals surface area contributed by atoms with E-state index in [-0.39, 0.29) is 11.9 Å². The number of benzene rings is 2. The van der Waals surface area contributed by atoms with Crippen LogP contribution < -0.4 is 20.3 Å². The standard InChI is InChI=1S/C24H26O4/c1-13(2)28-24-20(21(25)22(24)26)19-14(3)16(5)23(17(6)15(19)4)27-12-18-10-8-7-9-11-18/h7-11,13H,12H2,1-6H3. The Balaban J connectivity index is 2.06. The van der Waals surface area contributed by atoms with Crippen LogP contribution in [0.1, 0.15) is 41.7 Å². The molecule has 0 amide bonds. The first-order valence-electron chi connectivity index (χ1n) is 9.51. The molecule has 28 heavy (non-hydrogen) atoms. The van der Waals surface area contributed by atoms with Gasteiger partial charge in [-0.1, -0.05) is 30.3 Å². The molecule has 4 nitrogen and oxygen atoms in total. The number of hydrogen-bond acceptors (Lipinski definition) is 4. The Morgan fingerprint density at radius 3 is 1.86 bits per heavy atom. The fraction of sp³-hybridized carbons (Fsp3) is 0.333. The molecule has 0 saturated carbocycles. The van der Waals surface area contributed by atoms with Gasteiger partial charge in [0.2, 0.25) is 5.43 Å². The van der Waals surface area contributed by atoms with Crippen molar-refractivity contribution in [1.82, 2.24) is 0 Å². The summed E-state index contributed by atoms with van der Waals surface area (Å²) in [5.74, 6) is 1.01. The maximum absolute atomic E-state index is 12.4. The average Bonchev–Trinajstić information content (AvgIpc) is 2.68. The summed E-state index contributed by atoms with van der Waals surface area (Å²) in [6.45, 7) is 12.1. The van der Waals surface area contributed by atoms with E-state index in [4.69, 9.17) is 9.47 Å². The molecule has 0 aliphatic carbocycles. The molecule has 3 rings (SSSR count). The maximum Gasteiger partial charge on any atom is 0.268 e. The topological polar surface area (TPSA) is 52.6 Å². The van der Waals surface area contributed by atoms with Crippen LogP contribution in [-0.4, -0.2) is 6.10 Å². The van der Waals surface area contributed by atoms with Crippen molar-refractivity contribution in [3.05, 3.63) is 78.6 Å². The molecule has 0 fully saturated rings. The van der Waals surface area contributed by atoms with Gasteiger partial charge >= 0.3 is 0 Å². The van der Waals surface area contributed by atoms with Crippen LogP contribution in [-0.2, 0) is 6.61 Å². The van der Waals surface area contributed by atoms with E-state index >= 15 is 0 Å². The monoisotopic (exact) mass is 378 g/mol. The Hall–Kier alpha value is -2.88. The molecular weight excluding hydrogens is 352 g/mol. The van der Waals surface area contributed by atoms with Gasteiger partial charge in [-0.3, -0.25) is 9.59 Å². The molecule has 0 bridgehead atoms. The zero-order valence-electron chi connectivity index (χ0n) is 17.3. The van der Waals surface area contributed by atoms with E-state index < -0.39 is 10.9 Å². The van der Waals surface area contributed by atoms with Crippen LogP contribution in [0.3, 0.4) is 0 Å².